The Bertz CT molecular complexity index is 626. The van der Waals surface area contributed by atoms with Crippen molar-refractivity contribution in [1.82, 2.24) is 0 Å². The first-order valence-electron chi connectivity index (χ1n) is 6.25. The molecule has 3 nitrogen and oxygen atoms in total. The maximum absolute atomic E-state index is 12.4. The molecule has 0 aromatic heterocycles. The molecule has 0 aliphatic rings. The van der Waals surface area contributed by atoms with Crippen LogP contribution in [-0.4, -0.2) is 17.1 Å². The number of halogens is 2. The van der Waals surface area contributed by atoms with Gasteiger partial charge in [-0.1, -0.05) is 41.4 Å². The number of benzene rings is 2. The molecule has 0 radical (unpaired) electrons. The van der Waals surface area contributed by atoms with Crippen molar-refractivity contribution in [3.8, 4) is 5.75 Å². The highest BCUT2D eigenvalue weighted by atomic mass is 35.5. The first kappa shape index (κ1) is 16.3. The molecule has 0 amide bonds. The summed E-state index contributed by atoms with van der Waals surface area (Å²) in [4.78, 5) is 0.435. The van der Waals surface area contributed by atoms with Gasteiger partial charge in [-0.15, -0.1) is 0 Å². The van der Waals surface area contributed by atoms with E-state index in [1.165, 1.54) is 0 Å². The van der Waals surface area contributed by atoms with Gasteiger partial charge in [0.05, 0.1) is 32.9 Å². The first-order chi connectivity index (χ1) is 10.0. The molecule has 0 aliphatic carbocycles. The molecule has 0 fully saturated rings. The lowest BCUT2D eigenvalue weighted by molar-refractivity contribution is 0.414. The van der Waals surface area contributed by atoms with Gasteiger partial charge in [0.2, 0.25) is 0 Å². The molecule has 2 N–H and O–H groups in total. The van der Waals surface area contributed by atoms with Crippen LogP contribution >= 0.6 is 23.2 Å². The number of hydrogen-bond donors (Lipinski definition) is 1. The average molecular weight is 344 g/mol. The maximum atomic E-state index is 12.4. The second kappa shape index (κ2) is 7.27. The fraction of sp³-hybridized carbons (Fsp3) is 0.200. The van der Waals surface area contributed by atoms with Crippen molar-refractivity contribution in [2.45, 2.75) is 10.9 Å². The largest absolute Gasteiger partial charge is 0.497 e. The lowest BCUT2D eigenvalue weighted by Gasteiger charge is -2.13. The van der Waals surface area contributed by atoms with Crippen LogP contribution in [0, 0.1) is 0 Å². The topological polar surface area (TPSA) is 52.3 Å². The number of hydrogen-bond acceptors (Lipinski definition) is 3. The van der Waals surface area contributed by atoms with E-state index in [0.29, 0.717) is 14.9 Å². The quantitative estimate of drug-likeness (QED) is 0.897. The first-order valence-corrected chi connectivity index (χ1v) is 8.32. The van der Waals surface area contributed by atoms with Crippen LogP contribution in [0.15, 0.2) is 47.4 Å². The van der Waals surface area contributed by atoms with E-state index in [9.17, 15) is 4.21 Å². The zero-order valence-electron chi connectivity index (χ0n) is 11.4. The predicted octanol–water partition coefficient (Wildman–Crippen LogP) is 3.81. The fourth-order valence-corrected chi connectivity index (χ4v) is 4.06. The van der Waals surface area contributed by atoms with Gasteiger partial charge in [0.15, 0.2) is 0 Å². The molecule has 2 aromatic carbocycles. The van der Waals surface area contributed by atoms with Crippen LogP contribution in [-0.2, 0) is 10.8 Å². The summed E-state index contributed by atoms with van der Waals surface area (Å²) in [5.74, 6) is 0.997. The Morgan fingerprint density at radius 1 is 1.14 bits per heavy atom. The summed E-state index contributed by atoms with van der Waals surface area (Å²) in [7, 11) is 0.236. The van der Waals surface area contributed by atoms with Crippen LogP contribution in [0.4, 0.5) is 0 Å². The van der Waals surface area contributed by atoms with Crippen LogP contribution in [0.2, 0.25) is 10.0 Å². The van der Waals surface area contributed by atoms with Crippen molar-refractivity contribution in [2.75, 3.05) is 12.9 Å². The lowest BCUT2D eigenvalue weighted by Crippen LogP contribution is -2.18. The Morgan fingerprint density at radius 3 is 2.24 bits per heavy atom. The molecular weight excluding hydrogens is 329 g/mol. The van der Waals surface area contributed by atoms with Crippen LogP contribution in [0.25, 0.3) is 0 Å². The molecule has 112 valence electrons. The fourth-order valence-electron chi connectivity index (χ4n) is 1.89. The van der Waals surface area contributed by atoms with Crippen molar-refractivity contribution in [2.24, 2.45) is 5.73 Å². The Kier molecular flexibility index (Phi) is 5.65. The Balaban J connectivity index is 2.15. The van der Waals surface area contributed by atoms with Crippen LogP contribution in [0.3, 0.4) is 0 Å². The van der Waals surface area contributed by atoms with Gasteiger partial charge in [-0.25, -0.2) is 0 Å². The number of ether oxygens (including phenoxy) is 1. The third-order valence-electron chi connectivity index (χ3n) is 3.02. The molecule has 0 aliphatic heterocycles. The summed E-state index contributed by atoms with van der Waals surface area (Å²) in [5, 5.41) is 0.783. The summed E-state index contributed by atoms with van der Waals surface area (Å²) in [5.41, 5.74) is 6.99. The van der Waals surface area contributed by atoms with Gasteiger partial charge in [-0.3, -0.25) is 4.21 Å². The summed E-state index contributed by atoms with van der Waals surface area (Å²) in [6.07, 6.45) is 0. The molecular formula is C15H15Cl2NO2S. The standard InChI is InChI=1S/C15H15Cl2NO2S/c1-20-11-7-5-10(6-8-11)14(18)9-21(19)15-12(16)3-2-4-13(15)17/h2-8,14H,9,18H2,1H3. The van der Waals surface area contributed by atoms with Crippen molar-refractivity contribution < 1.29 is 8.95 Å². The maximum Gasteiger partial charge on any atom is 0.118 e. The monoisotopic (exact) mass is 343 g/mol. The second-order valence-corrected chi connectivity index (χ2v) is 6.69. The third kappa shape index (κ3) is 3.98. The van der Waals surface area contributed by atoms with Gasteiger partial charge in [0.1, 0.15) is 5.75 Å². The summed E-state index contributed by atoms with van der Waals surface area (Å²) >= 11 is 12.1. The number of nitrogens with two attached hydrogens (primary N) is 1. The van der Waals surface area contributed by atoms with Crippen LogP contribution < -0.4 is 10.5 Å². The predicted molar refractivity (Wildman–Crippen MR) is 87.7 cm³/mol. The van der Waals surface area contributed by atoms with Gasteiger partial charge in [0, 0.05) is 11.8 Å². The van der Waals surface area contributed by atoms with E-state index < -0.39 is 10.8 Å². The smallest absolute Gasteiger partial charge is 0.118 e. The highest BCUT2D eigenvalue weighted by Crippen LogP contribution is 2.29. The van der Waals surface area contributed by atoms with Gasteiger partial charge in [-0.05, 0) is 29.8 Å². The molecule has 2 unspecified atom stereocenters. The molecule has 0 bridgehead atoms. The van der Waals surface area contributed by atoms with E-state index >= 15 is 0 Å². The zero-order chi connectivity index (χ0) is 15.4. The molecule has 2 atom stereocenters. The molecule has 0 spiro atoms. The van der Waals surface area contributed by atoms with E-state index in [1.54, 1.807) is 25.3 Å². The van der Waals surface area contributed by atoms with Crippen molar-refractivity contribution >= 4 is 34.0 Å². The van der Waals surface area contributed by atoms with Crippen molar-refractivity contribution in [3.05, 3.63) is 58.1 Å². The van der Waals surface area contributed by atoms with E-state index in [4.69, 9.17) is 33.7 Å². The zero-order valence-corrected chi connectivity index (χ0v) is 13.7. The minimum atomic E-state index is -1.36. The Labute approximate surface area is 136 Å². The van der Waals surface area contributed by atoms with Crippen molar-refractivity contribution in [3.63, 3.8) is 0 Å². The van der Waals surface area contributed by atoms with E-state index in [2.05, 4.69) is 0 Å². The average Bonchev–Trinajstić information content (AvgIpc) is 2.47. The van der Waals surface area contributed by atoms with Gasteiger partial charge < -0.3 is 10.5 Å². The molecule has 0 heterocycles. The number of methoxy groups -OCH3 is 1. The highest BCUT2D eigenvalue weighted by Gasteiger charge is 2.17. The normalized spacial score (nSPS) is 13.7. The third-order valence-corrected chi connectivity index (χ3v) is 5.43. The molecule has 21 heavy (non-hydrogen) atoms. The molecule has 0 saturated heterocycles. The SMILES string of the molecule is COc1ccc(C(N)CS(=O)c2c(Cl)cccc2Cl)cc1. The van der Waals surface area contributed by atoms with Crippen LogP contribution in [0.1, 0.15) is 11.6 Å². The number of rotatable bonds is 5. The van der Waals surface area contributed by atoms with E-state index in [1.807, 2.05) is 24.3 Å². The van der Waals surface area contributed by atoms with Crippen LogP contribution in [0.5, 0.6) is 5.75 Å². The summed E-state index contributed by atoms with van der Waals surface area (Å²) < 4.78 is 17.5. The lowest BCUT2D eigenvalue weighted by atomic mass is 10.1. The van der Waals surface area contributed by atoms with Gasteiger partial charge >= 0.3 is 0 Å². The summed E-state index contributed by atoms with van der Waals surface area (Å²) in [6.45, 7) is 0. The highest BCUT2D eigenvalue weighted by molar-refractivity contribution is 7.85. The van der Waals surface area contributed by atoms with Gasteiger partial charge in [0.25, 0.3) is 0 Å². The molecule has 2 rings (SSSR count). The molecule has 0 saturated carbocycles. The minimum Gasteiger partial charge on any atom is -0.497 e. The van der Waals surface area contributed by atoms with Gasteiger partial charge in [-0.2, -0.15) is 0 Å². The van der Waals surface area contributed by atoms with E-state index in [-0.39, 0.29) is 11.8 Å². The van der Waals surface area contributed by atoms with Crippen molar-refractivity contribution in [1.29, 1.82) is 0 Å². The molecule has 2 aromatic rings. The Hall–Kier alpha value is -1.07. The van der Waals surface area contributed by atoms with E-state index in [0.717, 1.165) is 11.3 Å². The Morgan fingerprint density at radius 2 is 1.71 bits per heavy atom. The minimum absolute atomic E-state index is 0.246. The molecule has 6 heteroatoms. The summed E-state index contributed by atoms with van der Waals surface area (Å²) in [6, 6.07) is 12.0. The second-order valence-electron chi connectivity index (χ2n) is 4.44.